The predicted octanol–water partition coefficient (Wildman–Crippen LogP) is 2.56. The highest BCUT2D eigenvalue weighted by atomic mass is 19.1. The van der Waals surface area contributed by atoms with E-state index >= 15 is 0 Å². The van der Waals surface area contributed by atoms with Gasteiger partial charge < -0.3 is 4.74 Å². The molecule has 0 aliphatic heterocycles. The summed E-state index contributed by atoms with van der Waals surface area (Å²) in [5.74, 6) is -0.678. The molecule has 0 aliphatic carbocycles. The van der Waals surface area contributed by atoms with Gasteiger partial charge in [0.2, 0.25) is 0 Å². The molecular weight excluding hydrogens is 247 g/mol. The van der Waals surface area contributed by atoms with Gasteiger partial charge in [-0.2, -0.15) is 5.10 Å². The van der Waals surface area contributed by atoms with E-state index < -0.39 is 5.97 Å². The van der Waals surface area contributed by atoms with Crippen molar-refractivity contribution in [2.75, 3.05) is 6.61 Å². The van der Waals surface area contributed by atoms with Crippen molar-refractivity contribution < 1.29 is 13.9 Å². The van der Waals surface area contributed by atoms with Gasteiger partial charge in [0.15, 0.2) is 0 Å². The Bertz CT molecular complexity index is 593. The highest BCUT2D eigenvalue weighted by molar-refractivity contribution is 5.88. The summed E-state index contributed by atoms with van der Waals surface area (Å²) in [6, 6.07) is 4.62. The summed E-state index contributed by atoms with van der Waals surface area (Å²) in [5.41, 5.74) is 2.21. The number of hydrogen-bond donors (Lipinski definition) is 0. The molecule has 0 amide bonds. The summed E-state index contributed by atoms with van der Waals surface area (Å²) >= 11 is 0. The van der Waals surface area contributed by atoms with Gasteiger partial charge in [0.05, 0.1) is 24.9 Å². The number of carbonyl (C=O) groups is 1. The van der Waals surface area contributed by atoms with Crippen LogP contribution in [0.5, 0.6) is 0 Å². The largest absolute Gasteiger partial charge is 0.462 e. The van der Waals surface area contributed by atoms with E-state index in [1.807, 2.05) is 6.92 Å². The van der Waals surface area contributed by atoms with E-state index in [0.717, 1.165) is 11.1 Å². The van der Waals surface area contributed by atoms with Crippen LogP contribution in [0, 0.1) is 12.7 Å². The van der Waals surface area contributed by atoms with Crippen LogP contribution in [0.2, 0.25) is 0 Å². The van der Waals surface area contributed by atoms with Gasteiger partial charge in [-0.25, -0.2) is 9.18 Å². The lowest BCUT2D eigenvalue weighted by Gasteiger charge is -2.06. The second-order valence-corrected chi connectivity index (χ2v) is 4.22. The number of hydrogen-bond acceptors (Lipinski definition) is 3. The number of benzene rings is 1. The maximum absolute atomic E-state index is 13.2. The molecule has 4 nitrogen and oxygen atoms in total. The third-order valence-electron chi connectivity index (χ3n) is 2.79. The van der Waals surface area contributed by atoms with Gasteiger partial charge in [-0.05, 0) is 37.1 Å². The first-order valence-corrected chi connectivity index (χ1v) is 6.04. The second-order valence-electron chi connectivity index (χ2n) is 4.22. The molecule has 0 saturated heterocycles. The maximum atomic E-state index is 13.2. The molecule has 0 aliphatic rings. The minimum atomic E-state index is -0.398. The number of rotatable bonds is 4. The molecule has 0 spiro atoms. The molecule has 1 aromatic carbocycles. The highest BCUT2D eigenvalue weighted by Gasteiger charge is 2.10. The van der Waals surface area contributed by atoms with Crippen molar-refractivity contribution in [3.05, 3.63) is 53.1 Å². The van der Waals surface area contributed by atoms with Crippen molar-refractivity contribution in [1.82, 2.24) is 9.78 Å². The summed E-state index contributed by atoms with van der Waals surface area (Å²) in [6.07, 6.45) is 3.05. The standard InChI is InChI=1S/C14H15FN2O2/c1-3-19-14(18)12-7-16-17(9-12)8-11-6-13(15)5-4-10(11)2/h4-7,9H,3,8H2,1-2H3. The summed E-state index contributed by atoms with van der Waals surface area (Å²) < 4.78 is 19.7. The van der Waals surface area contributed by atoms with Gasteiger partial charge in [-0.3, -0.25) is 4.68 Å². The molecule has 0 N–H and O–H groups in total. The number of esters is 1. The number of carbonyl (C=O) groups excluding carboxylic acids is 1. The Labute approximate surface area is 110 Å². The highest BCUT2D eigenvalue weighted by Crippen LogP contribution is 2.12. The average molecular weight is 262 g/mol. The van der Waals surface area contributed by atoms with E-state index in [1.54, 1.807) is 23.9 Å². The molecule has 100 valence electrons. The molecule has 19 heavy (non-hydrogen) atoms. The van der Waals surface area contributed by atoms with Crippen LogP contribution in [0.25, 0.3) is 0 Å². The Balaban J connectivity index is 2.15. The SMILES string of the molecule is CCOC(=O)c1cnn(Cc2cc(F)ccc2C)c1. The van der Waals surface area contributed by atoms with Crippen LogP contribution in [0.1, 0.15) is 28.4 Å². The van der Waals surface area contributed by atoms with Crippen LogP contribution in [0.3, 0.4) is 0 Å². The minimum absolute atomic E-state index is 0.279. The molecule has 0 radical (unpaired) electrons. The number of nitrogens with zero attached hydrogens (tertiary/aromatic N) is 2. The van der Waals surface area contributed by atoms with Crippen molar-refractivity contribution >= 4 is 5.97 Å². The quantitative estimate of drug-likeness (QED) is 0.795. The Morgan fingerprint density at radius 1 is 1.47 bits per heavy atom. The van der Waals surface area contributed by atoms with Crippen LogP contribution < -0.4 is 0 Å². The van der Waals surface area contributed by atoms with Gasteiger partial charge in [0.25, 0.3) is 0 Å². The Hall–Kier alpha value is -2.17. The average Bonchev–Trinajstić information content (AvgIpc) is 2.83. The lowest BCUT2D eigenvalue weighted by Crippen LogP contribution is -2.04. The Morgan fingerprint density at radius 3 is 3.00 bits per heavy atom. The van der Waals surface area contributed by atoms with Crippen molar-refractivity contribution in [2.24, 2.45) is 0 Å². The molecule has 1 aromatic heterocycles. The fraction of sp³-hybridized carbons (Fsp3) is 0.286. The molecule has 2 aromatic rings. The van der Waals surface area contributed by atoms with Gasteiger partial charge in [-0.1, -0.05) is 6.07 Å². The van der Waals surface area contributed by atoms with Gasteiger partial charge in [0.1, 0.15) is 5.82 Å². The summed E-state index contributed by atoms with van der Waals surface area (Å²) in [4.78, 5) is 11.5. The molecule has 1 heterocycles. The van der Waals surface area contributed by atoms with Crippen LogP contribution in [0.4, 0.5) is 4.39 Å². The number of ether oxygens (including phenoxy) is 1. The zero-order valence-corrected chi connectivity index (χ0v) is 10.9. The van der Waals surface area contributed by atoms with Crippen LogP contribution >= 0.6 is 0 Å². The monoisotopic (exact) mass is 262 g/mol. The van der Waals surface area contributed by atoms with Crippen LogP contribution in [-0.4, -0.2) is 22.4 Å². The van der Waals surface area contributed by atoms with Crippen molar-refractivity contribution in [3.8, 4) is 0 Å². The zero-order chi connectivity index (χ0) is 13.8. The van der Waals surface area contributed by atoms with E-state index in [4.69, 9.17) is 4.74 Å². The van der Waals surface area contributed by atoms with Crippen molar-refractivity contribution in [3.63, 3.8) is 0 Å². The Morgan fingerprint density at radius 2 is 2.26 bits per heavy atom. The number of aryl methyl sites for hydroxylation is 1. The van der Waals surface area contributed by atoms with Gasteiger partial charge >= 0.3 is 5.97 Å². The van der Waals surface area contributed by atoms with E-state index in [-0.39, 0.29) is 5.82 Å². The van der Waals surface area contributed by atoms with E-state index in [1.165, 1.54) is 18.3 Å². The summed E-state index contributed by atoms with van der Waals surface area (Å²) in [7, 11) is 0. The van der Waals surface area contributed by atoms with Crippen LogP contribution in [0.15, 0.2) is 30.6 Å². The van der Waals surface area contributed by atoms with E-state index in [2.05, 4.69) is 5.10 Å². The lowest BCUT2D eigenvalue weighted by atomic mass is 10.1. The molecule has 0 saturated carbocycles. The maximum Gasteiger partial charge on any atom is 0.341 e. The molecule has 0 bridgehead atoms. The number of aromatic nitrogens is 2. The lowest BCUT2D eigenvalue weighted by molar-refractivity contribution is 0.0526. The minimum Gasteiger partial charge on any atom is -0.462 e. The third-order valence-corrected chi connectivity index (χ3v) is 2.79. The second kappa shape index (κ2) is 5.65. The van der Waals surface area contributed by atoms with Gasteiger partial charge in [0, 0.05) is 6.20 Å². The fourth-order valence-electron chi connectivity index (χ4n) is 1.75. The summed E-state index contributed by atoms with van der Waals surface area (Å²) in [5, 5.41) is 4.08. The van der Waals surface area contributed by atoms with Crippen molar-refractivity contribution in [2.45, 2.75) is 20.4 Å². The summed E-state index contributed by atoms with van der Waals surface area (Å²) in [6.45, 7) is 4.40. The molecule has 0 atom stereocenters. The van der Waals surface area contributed by atoms with Gasteiger partial charge in [-0.15, -0.1) is 0 Å². The molecular formula is C14H15FN2O2. The fourth-order valence-corrected chi connectivity index (χ4v) is 1.75. The van der Waals surface area contributed by atoms with Crippen molar-refractivity contribution in [1.29, 1.82) is 0 Å². The first kappa shape index (κ1) is 13.3. The normalized spacial score (nSPS) is 10.5. The molecule has 0 fully saturated rings. The smallest absolute Gasteiger partial charge is 0.341 e. The van der Waals surface area contributed by atoms with Crippen LogP contribution in [-0.2, 0) is 11.3 Å². The van der Waals surface area contributed by atoms with E-state index in [0.29, 0.717) is 18.7 Å². The molecule has 2 rings (SSSR count). The Kier molecular flexibility index (Phi) is 3.94. The first-order valence-electron chi connectivity index (χ1n) is 6.04. The number of halogens is 1. The predicted molar refractivity (Wildman–Crippen MR) is 68.4 cm³/mol. The third kappa shape index (κ3) is 3.19. The van der Waals surface area contributed by atoms with E-state index in [9.17, 15) is 9.18 Å². The first-order chi connectivity index (χ1) is 9.10. The molecule has 5 heteroatoms. The molecule has 0 unspecified atom stereocenters. The zero-order valence-electron chi connectivity index (χ0n) is 10.9. The topological polar surface area (TPSA) is 44.1 Å².